The van der Waals surface area contributed by atoms with E-state index in [1.165, 1.54) is 6.33 Å². The molecular formula is C17H20ClN5O. The Morgan fingerprint density at radius 1 is 1.33 bits per heavy atom. The minimum atomic E-state index is -0.0444. The van der Waals surface area contributed by atoms with E-state index < -0.39 is 0 Å². The molecule has 3 N–H and O–H groups in total. The molecule has 1 aromatic heterocycles. The Hall–Kier alpha value is -2.34. The number of carbonyl (C=O) groups is 1. The van der Waals surface area contributed by atoms with E-state index in [4.69, 9.17) is 17.3 Å². The summed E-state index contributed by atoms with van der Waals surface area (Å²) in [7, 11) is 0. The Labute approximate surface area is 146 Å². The largest absolute Gasteiger partial charge is 0.382 e. The molecule has 1 aliphatic rings. The fraction of sp³-hybridized carbons (Fsp3) is 0.353. The predicted octanol–water partition coefficient (Wildman–Crippen LogP) is 2.36. The molecule has 0 aliphatic carbocycles. The third-order valence-electron chi connectivity index (χ3n) is 4.20. The fourth-order valence-electron chi connectivity index (χ4n) is 2.95. The van der Waals surface area contributed by atoms with Crippen LogP contribution < -0.4 is 16.0 Å². The van der Waals surface area contributed by atoms with E-state index in [0.29, 0.717) is 34.7 Å². The quantitative estimate of drug-likeness (QED) is 0.888. The molecule has 7 heteroatoms. The Morgan fingerprint density at radius 2 is 2.12 bits per heavy atom. The molecule has 1 aromatic carbocycles. The Kier molecular flexibility index (Phi) is 5.15. The average Bonchev–Trinajstić information content (AvgIpc) is 2.63. The molecular weight excluding hydrogens is 326 g/mol. The number of hydrogen-bond donors (Lipinski definition) is 2. The molecule has 0 saturated carbocycles. The lowest BCUT2D eigenvalue weighted by molar-refractivity contribution is 0.0945. The average molecular weight is 346 g/mol. The monoisotopic (exact) mass is 345 g/mol. The van der Waals surface area contributed by atoms with Crippen LogP contribution in [0.4, 0.5) is 11.6 Å². The molecule has 0 radical (unpaired) electrons. The SMILES string of the molecule is Nc1ncnc(N2CCC[C@H](CNC(=O)c3ccccc3)C2)c1Cl. The van der Waals surface area contributed by atoms with Gasteiger partial charge in [0.2, 0.25) is 0 Å². The highest BCUT2D eigenvalue weighted by atomic mass is 35.5. The van der Waals surface area contributed by atoms with Crippen molar-refractivity contribution in [2.24, 2.45) is 5.92 Å². The third-order valence-corrected chi connectivity index (χ3v) is 4.57. The summed E-state index contributed by atoms with van der Waals surface area (Å²) >= 11 is 6.22. The van der Waals surface area contributed by atoms with E-state index in [2.05, 4.69) is 20.2 Å². The third kappa shape index (κ3) is 3.76. The summed E-state index contributed by atoms with van der Waals surface area (Å²) in [6, 6.07) is 9.24. The Bertz CT molecular complexity index is 709. The lowest BCUT2D eigenvalue weighted by atomic mass is 9.98. The van der Waals surface area contributed by atoms with Crippen LogP contribution in [-0.2, 0) is 0 Å². The molecule has 0 bridgehead atoms. The van der Waals surface area contributed by atoms with Crippen molar-refractivity contribution < 1.29 is 4.79 Å². The van der Waals surface area contributed by atoms with Gasteiger partial charge in [-0.3, -0.25) is 4.79 Å². The lowest BCUT2D eigenvalue weighted by Crippen LogP contribution is -2.41. The molecule has 0 unspecified atom stereocenters. The van der Waals surface area contributed by atoms with Gasteiger partial charge in [-0.1, -0.05) is 29.8 Å². The van der Waals surface area contributed by atoms with Crippen LogP contribution in [0.25, 0.3) is 0 Å². The summed E-state index contributed by atoms with van der Waals surface area (Å²) in [5.41, 5.74) is 6.44. The standard InChI is InChI=1S/C17H20ClN5O/c18-14-15(19)21-11-22-16(14)23-8-4-5-12(10-23)9-20-17(24)13-6-2-1-3-7-13/h1-3,6-7,11-12H,4-5,8-10H2,(H,20,24)(H2,19,21,22)/t12-/m1/s1. The number of nitrogen functional groups attached to an aromatic ring is 1. The maximum absolute atomic E-state index is 12.2. The summed E-state index contributed by atoms with van der Waals surface area (Å²) in [5.74, 6) is 1.26. The van der Waals surface area contributed by atoms with Crippen molar-refractivity contribution in [3.8, 4) is 0 Å². The number of nitrogens with one attached hydrogen (secondary N) is 1. The molecule has 2 heterocycles. The second-order valence-corrected chi connectivity index (χ2v) is 6.30. The van der Waals surface area contributed by atoms with E-state index in [1.54, 1.807) is 0 Å². The molecule has 3 rings (SSSR count). The molecule has 1 atom stereocenters. The van der Waals surface area contributed by atoms with Crippen LogP contribution in [0.2, 0.25) is 5.02 Å². The normalized spacial score (nSPS) is 17.5. The second kappa shape index (κ2) is 7.49. The van der Waals surface area contributed by atoms with Gasteiger partial charge in [0.15, 0.2) is 5.82 Å². The number of aromatic nitrogens is 2. The van der Waals surface area contributed by atoms with Crippen LogP contribution in [0.5, 0.6) is 0 Å². The molecule has 1 fully saturated rings. The zero-order chi connectivity index (χ0) is 16.9. The number of amides is 1. The number of benzene rings is 1. The summed E-state index contributed by atoms with van der Waals surface area (Å²) in [4.78, 5) is 22.4. The molecule has 24 heavy (non-hydrogen) atoms. The smallest absolute Gasteiger partial charge is 0.251 e. The van der Waals surface area contributed by atoms with Gasteiger partial charge in [-0.2, -0.15) is 0 Å². The lowest BCUT2D eigenvalue weighted by Gasteiger charge is -2.34. The second-order valence-electron chi connectivity index (χ2n) is 5.93. The van der Waals surface area contributed by atoms with Crippen LogP contribution >= 0.6 is 11.6 Å². The first kappa shape index (κ1) is 16.5. The number of halogens is 1. The molecule has 0 spiro atoms. The Morgan fingerprint density at radius 3 is 2.92 bits per heavy atom. The number of hydrogen-bond acceptors (Lipinski definition) is 5. The van der Waals surface area contributed by atoms with E-state index in [9.17, 15) is 4.79 Å². The summed E-state index contributed by atoms with van der Waals surface area (Å²) in [5, 5.41) is 3.41. The van der Waals surface area contributed by atoms with Gasteiger partial charge >= 0.3 is 0 Å². The minimum absolute atomic E-state index is 0.0444. The zero-order valence-corrected chi connectivity index (χ0v) is 14.0. The van der Waals surface area contributed by atoms with Crippen molar-refractivity contribution in [1.82, 2.24) is 15.3 Å². The van der Waals surface area contributed by atoms with E-state index in [0.717, 1.165) is 25.9 Å². The van der Waals surface area contributed by atoms with Gasteiger partial charge in [0.05, 0.1) is 0 Å². The van der Waals surface area contributed by atoms with Gasteiger partial charge in [0.25, 0.3) is 5.91 Å². The first-order chi connectivity index (χ1) is 11.6. The van der Waals surface area contributed by atoms with Crippen LogP contribution in [0.3, 0.4) is 0 Å². The van der Waals surface area contributed by atoms with Crippen molar-refractivity contribution in [1.29, 1.82) is 0 Å². The van der Waals surface area contributed by atoms with Gasteiger partial charge < -0.3 is 16.0 Å². The summed E-state index contributed by atoms with van der Waals surface area (Å²) in [6.45, 7) is 2.28. The van der Waals surface area contributed by atoms with Crippen molar-refractivity contribution in [3.05, 3.63) is 47.2 Å². The van der Waals surface area contributed by atoms with E-state index in [1.807, 2.05) is 30.3 Å². The van der Waals surface area contributed by atoms with Gasteiger partial charge in [0, 0.05) is 25.2 Å². The molecule has 126 valence electrons. The highest BCUT2D eigenvalue weighted by Crippen LogP contribution is 2.30. The molecule has 6 nitrogen and oxygen atoms in total. The van der Waals surface area contributed by atoms with Gasteiger partial charge in [-0.05, 0) is 30.9 Å². The van der Waals surface area contributed by atoms with Crippen LogP contribution in [-0.4, -0.2) is 35.5 Å². The fourth-order valence-corrected chi connectivity index (χ4v) is 3.16. The van der Waals surface area contributed by atoms with Crippen LogP contribution in [0.15, 0.2) is 36.7 Å². The summed E-state index contributed by atoms with van der Waals surface area (Å²) in [6.07, 6.45) is 3.51. The van der Waals surface area contributed by atoms with Crippen LogP contribution in [0.1, 0.15) is 23.2 Å². The van der Waals surface area contributed by atoms with Crippen LogP contribution in [0, 0.1) is 5.92 Å². The number of nitrogens with two attached hydrogens (primary N) is 1. The molecule has 1 aliphatic heterocycles. The molecule has 1 amide bonds. The molecule has 2 aromatic rings. The number of rotatable bonds is 4. The van der Waals surface area contributed by atoms with Gasteiger partial charge in [-0.15, -0.1) is 0 Å². The van der Waals surface area contributed by atoms with Gasteiger partial charge in [0.1, 0.15) is 17.2 Å². The highest BCUT2D eigenvalue weighted by molar-refractivity contribution is 6.35. The van der Waals surface area contributed by atoms with E-state index >= 15 is 0 Å². The van der Waals surface area contributed by atoms with Crippen molar-refractivity contribution in [2.75, 3.05) is 30.3 Å². The minimum Gasteiger partial charge on any atom is -0.382 e. The number of anilines is 2. The maximum Gasteiger partial charge on any atom is 0.251 e. The first-order valence-electron chi connectivity index (χ1n) is 7.99. The number of nitrogens with zero attached hydrogens (tertiary/aromatic N) is 3. The first-order valence-corrected chi connectivity index (χ1v) is 8.37. The van der Waals surface area contributed by atoms with E-state index in [-0.39, 0.29) is 5.91 Å². The topological polar surface area (TPSA) is 84.1 Å². The predicted molar refractivity (Wildman–Crippen MR) is 95.2 cm³/mol. The highest BCUT2D eigenvalue weighted by Gasteiger charge is 2.24. The zero-order valence-electron chi connectivity index (χ0n) is 13.3. The Balaban J connectivity index is 1.60. The maximum atomic E-state index is 12.2. The van der Waals surface area contributed by atoms with Crippen molar-refractivity contribution >= 4 is 29.1 Å². The summed E-state index contributed by atoms with van der Waals surface area (Å²) < 4.78 is 0. The van der Waals surface area contributed by atoms with Gasteiger partial charge in [-0.25, -0.2) is 9.97 Å². The number of piperidine rings is 1. The van der Waals surface area contributed by atoms with Crippen molar-refractivity contribution in [3.63, 3.8) is 0 Å². The molecule has 1 saturated heterocycles. The van der Waals surface area contributed by atoms with Crippen molar-refractivity contribution in [2.45, 2.75) is 12.8 Å². The number of carbonyl (C=O) groups excluding carboxylic acids is 1.